The van der Waals surface area contributed by atoms with Gasteiger partial charge in [0.15, 0.2) is 60.4 Å². The molecule has 0 spiro atoms. The SMILES string of the molecule is CC(=O)N[C@@H]1[C@@H](O[C@H]2O[C@H](CO)[C@@H](O)[C@H](O)[C@H]2NC(C)=O)[C@H](O[C@H]2O[C@H](CO)[C@@H](O)[C@H](O)[C@H]2NC(C)=O)[C@@H](CO[C@H]2O[C@H](CO)[C@@H](O)[C@H](O)[C@H]2NC(C)=O)O[C@@H]1NC(=S)NCCNC(=S)N[C@H]1O[C@H](CO[C@H]2O[C@H](CO)[C@@H](O)[C@H](O)[C@H]2NC(C)=O)[C@@H](O[C@H]2O[C@H](CO)[C@@H](O)[C@H](O)[C@H]2NC(C)=O)[C@H](O[C@H]2O[C@H](CO)[C@@H](O)[C@H](O)[C@H]2NC(C)=O)[C@H]1NC(C)=O. The van der Waals surface area contributed by atoms with Crippen molar-refractivity contribution in [2.24, 2.45) is 0 Å². The first-order chi connectivity index (χ1) is 57.6. The second kappa shape index (κ2) is 46.0. The van der Waals surface area contributed by atoms with E-state index in [1.807, 2.05) is 0 Å². The van der Waals surface area contributed by atoms with Crippen LogP contribution in [0.2, 0.25) is 0 Å². The van der Waals surface area contributed by atoms with E-state index in [1.165, 1.54) is 0 Å². The summed E-state index contributed by atoms with van der Waals surface area (Å²) in [5.41, 5.74) is 0. The molecule has 52 nitrogen and oxygen atoms in total. The van der Waals surface area contributed by atoms with Crippen LogP contribution in [0.1, 0.15) is 55.4 Å². The average molecular weight is 1800 g/mol. The Balaban J connectivity index is 1.16. The van der Waals surface area contributed by atoms with E-state index in [2.05, 4.69) is 63.8 Å². The first-order valence-corrected chi connectivity index (χ1v) is 39.6. The van der Waals surface area contributed by atoms with E-state index in [0.29, 0.717) is 0 Å². The summed E-state index contributed by atoms with van der Waals surface area (Å²) in [5, 5.41) is 228. The highest BCUT2D eigenvalue weighted by molar-refractivity contribution is 7.80. The lowest BCUT2D eigenvalue weighted by atomic mass is 9.92. The van der Waals surface area contributed by atoms with E-state index in [0.717, 1.165) is 55.4 Å². The van der Waals surface area contributed by atoms with Crippen LogP contribution in [0.25, 0.3) is 0 Å². The highest BCUT2D eigenvalue weighted by Crippen LogP contribution is 2.38. The molecule has 0 aromatic carbocycles. The zero-order valence-electron chi connectivity index (χ0n) is 67.0. The molecule has 698 valence electrons. The van der Waals surface area contributed by atoms with Gasteiger partial charge in [0.25, 0.3) is 0 Å². The van der Waals surface area contributed by atoms with Gasteiger partial charge >= 0.3 is 0 Å². The van der Waals surface area contributed by atoms with E-state index in [1.54, 1.807) is 0 Å². The smallest absolute Gasteiger partial charge is 0.217 e. The van der Waals surface area contributed by atoms with Crippen LogP contribution in [0.3, 0.4) is 0 Å². The van der Waals surface area contributed by atoms with E-state index >= 15 is 0 Å². The lowest BCUT2D eigenvalue weighted by Gasteiger charge is -2.52. The van der Waals surface area contributed by atoms with E-state index in [-0.39, 0.29) is 23.3 Å². The standard InChI is InChI=1S/C68H114N12O40S2/c1-19(87)71-35-49(101)43(95)27(11-81)111-61(35)107-17-33-55(117-63-37(73-21(3)89)51(103)45(97)29(13-83)113-63)57(119-65-39(75-23(5)91)53(105)47(99)31(15-85)115-65)41(77-25(7)93)59(109-33)79-67(121)69-9-10-70-68(122)80-60-42(78-26(8)94)58(120-66-40(76-24(6)92)54(106)48(100)32(16-86)116-66)56(118-64-38(74-22(4)90)52(104)46(98)30(14-84)114-64)34(110-60)18-108-62-36(72-20(2)88)50(102)44(96)28(12-82)112-62/h27-66,81-86,95-106H,9-18H2,1-8H3,(H,71,87)(H,72,88)(H,73,89)(H,74,90)(H,75,91)(H,76,92)(H,77,93)(H,78,94)(H2,69,79,121)(H2,70,80,122)/t27-,28-,29-,30-,31-,32-,33-,34-,35-,36-,37-,38-,39-,40-,41-,42-,43-,44-,45-,46-,47-,48-,49-,50-,51-,52-,53-,54-,55-,56-,57-,58-,59+,60+,61+,62+,63-,64-,65-,66-/m1/s1. The molecule has 8 fully saturated rings. The number of carbonyl (C=O) groups excluding carboxylic acids is 8. The fourth-order valence-electron chi connectivity index (χ4n) is 15.1. The number of thiocarbonyl (C=S) groups is 2. The molecule has 8 heterocycles. The number of ether oxygens (including phenoxy) is 14. The monoisotopic (exact) mass is 1800 g/mol. The van der Waals surface area contributed by atoms with Crippen molar-refractivity contribution < 1.29 is 197 Å². The highest BCUT2D eigenvalue weighted by Gasteiger charge is 2.60. The molecule has 0 aromatic heterocycles. The third kappa shape index (κ3) is 25.4. The predicted molar refractivity (Wildman–Crippen MR) is 404 cm³/mol. The second-order valence-corrected chi connectivity index (χ2v) is 30.9. The number of hydrogen-bond acceptors (Lipinski definition) is 42. The van der Waals surface area contributed by atoms with Gasteiger partial charge in [0.2, 0.25) is 47.3 Å². The average Bonchev–Trinajstić information content (AvgIpc) is 0.757. The molecular weight excluding hydrogens is 1690 g/mol. The quantitative estimate of drug-likeness (QED) is 0.0214. The van der Waals surface area contributed by atoms with E-state index in [9.17, 15) is 130 Å². The molecule has 0 aliphatic carbocycles. The zero-order valence-corrected chi connectivity index (χ0v) is 68.6. The number of carbonyl (C=O) groups is 8. The minimum absolute atomic E-state index is 0.311. The molecule has 0 radical (unpaired) electrons. The summed E-state index contributed by atoms with van der Waals surface area (Å²) < 4.78 is 88.1. The van der Waals surface area contributed by atoms with Gasteiger partial charge in [-0.1, -0.05) is 0 Å². The molecule has 8 amide bonds. The summed E-state index contributed by atoms with van der Waals surface area (Å²) in [6, 6.07) is -13.9. The van der Waals surface area contributed by atoms with Crippen molar-refractivity contribution >= 4 is 81.9 Å². The van der Waals surface area contributed by atoms with E-state index in [4.69, 9.17) is 90.8 Å². The highest BCUT2D eigenvalue weighted by atomic mass is 32.1. The van der Waals surface area contributed by atoms with Crippen LogP contribution in [0, 0.1) is 0 Å². The van der Waals surface area contributed by atoms with Gasteiger partial charge in [0.05, 0.1) is 52.9 Å². The van der Waals surface area contributed by atoms with Crippen LogP contribution in [0.5, 0.6) is 0 Å². The maximum absolute atomic E-state index is 13.7. The number of nitrogens with one attached hydrogen (secondary N) is 12. The van der Waals surface area contributed by atoms with Crippen molar-refractivity contribution in [3.05, 3.63) is 0 Å². The normalized spacial score (nSPS) is 41.6. The third-order valence-electron chi connectivity index (χ3n) is 20.9. The predicted octanol–water partition coefficient (Wildman–Crippen LogP) is -18.4. The second-order valence-electron chi connectivity index (χ2n) is 30.1. The third-order valence-corrected chi connectivity index (χ3v) is 21.4. The number of aliphatic hydroxyl groups is 18. The van der Waals surface area contributed by atoms with Crippen molar-refractivity contribution in [2.75, 3.05) is 65.9 Å². The largest absolute Gasteiger partial charge is 0.394 e. The summed E-state index contributed by atoms with van der Waals surface area (Å²) in [5.74, 6) is -6.73. The Morgan fingerprint density at radius 3 is 0.648 bits per heavy atom. The molecule has 54 heteroatoms. The van der Waals surface area contributed by atoms with Crippen molar-refractivity contribution in [1.29, 1.82) is 0 Å². The molecule has 8 rings (SSSR count). The molecule has 8 saturated heterocycles. The summed E-state index contributed by atoms with van der Waals surface area (Å²) in [4.78, 5) is 104. The van der Waals surface area contributed by atoms with Gasteiger partial charge < -0.3 is 222 Å². The minimum Gasteiger partial charge on any atom is -0.394 e. The maximum Gasteiger partial charge on any atom is 0.217 e. The molecule has 0 unspecified atom stereocenters. The Morgan fingerprint density at radius 1 is 0.254 bits per heavy atom. The Bertz CT molecular complexity index is 3270. The molecule has 122 heavy (non-hydrogen) atoms. The molecule has 8 aliphatic rings. The van der Waals surface area contributed by atoms with Crippen LogP contribution in [0.15, 0.2) is 0 Å². The Labute approximate surface area is 706 Å². The molecule has 0 bridgehead atoms. The fraction of sp³-hybridized carbons (Fsp3) is 0.853. The van der Waals surface area contributed by atoms with Gasteiger partial charge in [-0.05, 0) is 24.4 Å². The number of hydrogen-bond donors (Lipinski definition) is 30. The Kier molecular flexibility index (Phi) is 38.2. The molecular formula is C68H114N12O40S2. The van der Waals surface area contributed by atoms with Gasteiger partial charge in [0.1, 0.15) is 195 Å². The minimum atomic E-state index is -2.02. The Morgan fingerprint density at radius 2 is 0.443 bits per heavy atom. The van der Waals surface area contributed by atoms with Crippen molar-refractivity contribution in [2.45, 2.75) is 300 Å². The van der Waals surface area contributed by atoms with Crippen LogP contribution >= 0.6 is 24.4 Å². The number of amides is 8. The van der Waals surface area contributed by atoms with Crippen molar-refractivity contribution in [3.8, 4) is 0 Å². The van der Waals surface area contributed by atoms with Gasteiger partial charge in [-0.2, -0.15) is 0 Å². The van der Waals surface area contributed by atoms with Crippen LogP contribution < -0.4 is 63.8 Å². The van der Waals surface area contributed by atoms with Crippen molar-refractivity contribution in [1.82, 2.24) is 63.8 Å². The first-order valence-electron chi connectivity index (χ1n) is 38.8. The van der Waals surface area contributed by atoms with Crippen molar-refractivity contribution in [3.63, 3.8) is 0 Å². The number of rotatable bonds is 33. The van der Waals surface area contributed by atoms with Gasteiger partial charge in [-0.3, -0.25) is 38.4 Å². The topological polar surface area (TPSA) is 774 Å². The van der Waals surface area contributed by atoms with Crippen LogP contribution in [-0.4, -0.2) is 460 Å². The summed E-state index contributed by atoms with van der Waals surface area (Å²) in [6.45, 7) is -0.158. The summed E-state index contributed by atoms with van der Waals surface area (Å²) in [6.07, 6.45) is -60.1. The fourth-order valence-corrected chi connectivity index (χ4v) is 15.6. The molecule has 0 aromatic rings. The van der Waals surface area contributed by atoms with Crippen LogP contribution in [0.4, 0.5) is 0 Å². The molecule has 30 N–H and O–H groups in total. The summed E-state index contributed by atoms with van der Waals surface area (Å²) >= 11 is 11.7. The number of aliphatic hydroxyl groups excluding tert-OH is 18. The van der Waals surface area contributed by atoms with Gasteiger partial charge in [-0.15, -0.1) is 0 Å². The molecule has 8 aliphatic heterocycles. The lowest BCUT2D eigenvalue weighted by Crippen LogP contribution is -2.73. The van der Waals surface area contributed by atoms with E-state index < -0.39 is 345 Å². The van der Waals surface area contributed by atoms with Gasteiger partial charge in [0, 0.05) is 68.5 Å². The lowest BCUT2D eigenvalue weighted by molar-refractivity contribution is -0.348. The molecule has 0 saturated carbocycles. The summed E-state index contributed by atoms with van der Waals surface area (Å²) in [7, 11) is 0. The first kappa shape index (κ1) is 101. The zero-order chi connectivity index (χ0) is 90.3. The van der Waals surface area contributed by atoms with Gasteiger partial charge in [-0.25, -0.2) is 0 Å². The Hall–Kier alpha value is -6.14. The molecule has 40 atom stereocenters. The maximum atomic E-state index is 13.7. The van der Waals surface area contributed by atoms with Crippen LogP contribution in [-0.2, 0) is 105 Å².